The van der Waals surface area contributed by atoms with E-state index in [0.29, 0.717) is 42.8 Å². The Labute approximate surface area is 305 Å². The van der Waals surface area contributed by atoms with Crippen LogP contribution >= 0.6 is 11.3 Å². The number of amides is 1. The smallest absolute Gasteiger partial charge is 0.277 e. The van der Waals surface area contributed by atoms with Gasteiger partial charge in [0.2, 0.25) is 11.8 Å². The second kappa shape index (κ2) is 14.5. The Balaban J connectivity index is 0.924. The largest absolute Gasteiger partial charge is 0.481 e. The van der Waals surface area contributed by atoms with Crippen molar-refractivity contribution in [3.63, 3.8) is 0 Å². The summed E-state index contributed by atoms with van der Waals surface area (Å²) in [4.78, 5) is 49.9. The molecule has 2 aliphatic rings. The van der Waals surface area contributed by atoms with E-state index in [0.717, 1.165) is 53.3 Å². The van der Waals surface area contributed by atoms with Crippen LogP contribution in [0.5, 0.6) is 5.88 Å². The molecular formula is C40H41N7O4S. The van der Waals surface area contributed by atoms with Crippen molar-refractivity contribution in [3.05, 3.63) is 119 Å². The van der Waals surface area contributed by atoms with E-state index < -0.39 is 5.60 Å². The monoisotopic (exact) mass is 715 g/mol. The number of aromatic nitrogens is 5. The summed E-state index contributed by atoms with van der Waals surface area (Å²) >= 11 is 1.66. The van der Waals surface area contributed by atoms with Gasteiger partial charge in [-0.3, -0.25) is 19.1 Å². The number of methoxy groups -OCH3 is 1. The number of aromatic amines is 1. The Morgan fingerprint density at radius 3 is 2.46 bits per heavy atom. The number of pyridine rings is 1. The van der Waals surface area contributed by atoms with Crippen LogP contribution in [0.25, 0.3) is 32.7 Å². The Morgan fingerprint density at radius 1 is 0.962 bits per heavy atom. The second-order valence-corrected chi connectivity index (χ2v) is 15.0. The highest BCUT2D eigenvalue weighted by molar-refractivity contribution is 7.15. The molecule has 0 unspecified atom stereocenters. The third-order valence-corrected chi connectivity index (χ3v) is 11.6. The molecule has 12 heteroatoms. The highest BCUT2D eigenvalue weighted by Crippen LogP contribution is 2.37. The second-order valence-electron chi connectivity index (χ2n) is 13.9. The van der Waals surface area contributed by atoms with Gasteiger partial charge in [-0.2, -0.15) is 0 Å². The molecule has 2 fully saturated rings. The molecule has 0 aliphatic carbocycles. The average molecular weight is 716 g/mol. The van der Waals surface area contributed by atoms with Crippen molar-refractivity contribution in [1.29, 1.82) is 0 Å². The van der Waals surface area contributed by atoms with E-state index in [1.807, 2.05) is 78.0 Å². The van der Waals surface area contributed by atoms with Crippen LogP contribution in [0.4, 0.5) is 0 Å². The Hall–Kier alpha value is -5.17. The first-order valence-electron chi connectivity index (χ1n) is 17.7. The van der Waals surface area contributed by atoms with Crippen LogP contribution in [0.3, 0.4) is 0 Å². The zero-order valence-electron chi connectivity index (χ0n) is 29.0. The highest BCUT2D eigenvalue weighted by Gasteiger charge is 2.41. The minimum Gasteiger partial charge on any atom is -0.481 e. The third kappa shape index (κ3) is 6.89. The number of ether oxygens (including phenoxy) is 1. The maximum atomic E-state index is 14.2. The van der Waals surface area contributed by atoms with Gasteiger partial charge in [0.15, 0.2) is 0 Å². The minimum atomic E-state index is -1.12. The van der Waals surface area contributed by atoms with E-state index in [9.17, 15) is 14.7 Å². The summed E-state index contributed by atoms with van der Waals surface area (Å²) in [6, 6.07) is 24.0. The molecule has 6 aromatic rings. The molecule has 0 radical (unpaired) electrons. The van der Waals surface area contributed by atoms with Gasteiger partial charge in [-0.1, -0.05) is 60.7 Å². The number of thiazole rings is 1. The van der Waals surface area contributed by atoms with E-state index in [1.165, 1.54) is 15.8 Å². The number of fused-ring (bicyclic) bond motifs is 1. The molecule has 4 aromatic heterocycles. The van der Waals surface area contributed by atoms with Crippen molar-refractivity contribution >= 4 is 28.3 Å². The van der Waals surface area contributed by atoms with Crippen molar-refractivity contribution in [1.82, 2.24) is 34.3 Å². The van der Waals surface area contributed by atoms with Crippen molar-refractivity contribution in [2.45, 2.75) is 43.9 Å². The molecular weight excluding hydrogens is 675 g/mol. The van der Waals surface area contributed by atoms with Gasteiger partial charge in [0.1, 0.15) is 16.0 Å². The van der Waals surface area contributed by atoms with Crippen molar-refractivity contribution in [2.75, 3.05) is 33.3 Å². The number of hydrogen-bond donors (Lipinski definition) is 2. The van der Waals surface area contributed by atoms with Crippen LogP contribution in [0.2, 0.25) is 0 Å². The van der Waals surface area contributed by atoms with Crippen LogP contribution < -0.4 is 10.3 Å². The highest BCUT2D eigenvalue weighted by atomic mass is 32.1. The first-order chi connectivity index (χ1) is 25.4. The maximum Gasteiger partial charge on any atom is 0.277 e. The van der Waals surface area contributed by atoms with Crippen LogP contribution in [0.1, 0.15) is 35.6 Å². The molecule has 8 rings (SSSR count). The Kier molecular flexibility index (Phi) is 9.43. The summed E-state index contributed by atoms with van der Waals surface area (Å²) in [5.41, 5.74) is 3.65. The summed E-state index contributed by atoms with van der Waals surface area (Å²) in [7, 11) is 1.60. The lowest BCUT2D eigenvalue weighted by Gasteiger charge is -2.43. The lowest BCUT2D eigenvalue weighted by molar-refractivity contribution is -0.142. The molecule has 11 nitrogen and oxygen atoms in total. The topological polar surface area (TPSA) is 129 Å². The average Bonchev–Trinajstić information content (AvgIpc) is 3.85. The summed E-state index contributed by atoms with van der Waals surface area (Å²) < 4.78 is 6.68. The molecule has 2 saturated heterocycles. The normalized spacial score (nSPS) is 19.2. The number of nitrogens with zero attached hydrogens (tertiary/aromatic N) is 6. The van der Waals surface area contributed by atoms with E-state index in [2.05, 4.69) is 37.0 Å². The third-order valence-electron chi connectivity index (χ3n) is 10.6. The Bertz CT molecular complexity index is 2210. The molecule has 266 valence electrons. The van der Waals surface area contributed by atoms with Crippen molar-refractivity contribution in [2.24, 2.45) is 5.92 Å². The van der Waals surface area contributed by atoms with Crippen LogP contribution in [-0.2, 0) is 17.9 Å². The number of H-pyrrole nitrogens is 1. The number of likely N-dealkylation sites (tertiary alicyclic amines) is 2. The maximum absolute atomic E-state index is 14.2. The molecule has 2 atom stereocenters. The van der Waals surface area contributed by atoms with Gasteiger partial charge in [0.05, 0.1) is 25.6 Å². The fraction of sp³-hybridized carbons (Fsp3) is 0.325. The van der Waals surface area contributed by atoms with E-state index >= 15 is 0 Å². The number of piperidine rings is 2. The zero-order chi connectivity index (χ0) is 35.7. The van der Waals surface area contributed by atoms with Crippen LogP contribution in [0, 0.1) is 5.92 Å². The fourth-order valence-electron chi connectivity index (χ4n) is 7.70. The predicted octanol–water partition coefficient (Wildman–Crippen LogP) is 5.58. The molecule has 0 spiro atoms. The molecule has 2 aliphatic heterocycles. The number of rotatable bonds is 9. The van der Waals surface area contributed by atoms with Gasteiger partial charge in [-0.15, -0.1) is 11.3 Å². The van der Waals surface area contributed by atoms with E-state index in [4.69, 9.17) is 4.74 Å². The van der Waals surface area contributed by atoms with Gasteiger partial charge < -0.3 is 19.7 Å². The molecule has 0 bridgehead atoms. The van der Waals surface area contributed by atoms with Gasteiger partial charge in [0, 0.05) is 78.7 Å². The molecule has 6 heterocycles. The SMILES string of the molecule is COc1ccc(-c2ncc(CN3CC[C@@H](C(=O)N4CCC(O)(Cn5cnc6c(-c7ccccc7)c[nH]c6c5=O)CC4)[C@H](c4ccccc4)C3)s2)cn1. The standard InChI is InChI=1S/C40H41N7O4S/c1-51-34-13-12-29(20-41-34)37-43-21-30(52-37)23-45-17-14-31(33(24-45)28-10-6-3-7-11-28)38(48)46-18-15-40(50,16-19-46)25-47-26-44-35-32(22-42-36(35)39(47)49)27-8-4-2-5-9-27/h2-13,20-22,26,31,33,42,50H,14-19,23-25H2,1H3/t31-,33+/m1/s1. The first-order valence-corrected chi connectivity index (χ1v) is 18.5. The van der Waals surface area contributed by atoms with Crippen LogP contribution in [-0.4, -0.2) is 84.2 Å². The van der Waals surface area contributed by atoms with Crippen molar-refractivity contribution < 1.29 is 14.6 Å². The number of carbonyl (C=O) groups is 1. The molecule has 52 heavy (non-hydrogen) atoms. The van der Waals surface area contributed by atoms with Crippen LogP contribution in [0.15, 0.2) is 103 Å². The quantitative estimate of drug-likeness (QED) is 0.199. The lowest BCUT2D eigenvalue weighted by Crippen LogP contribution is -2.53. The summed E-state index contributed by atoms with van der Waals surface area (Å²) in [5.74, 6) is 0.596. The number of benzene rings is 2. The Morgan fingerprint density at radius 2 is 1.73 bits per heavy atom. The van der Waals surface area contributed by atoms with Gasteiger partial charge in [0.25, 0.3) is 5.56 Å². The van der Waals surface area contributed by atoms with E-state index in [1.54, 1.807) is 24.6 Å². The number of carbonyl (C=O) groups excluding carboxylic acids is 1. The zero-order valence-corrected chi connectivity index (χ0v) is 29.8. The number of nitrogens with one attached hydrogen (secondary N) is 1. The van der Waals surface area contributed by atoms with Gasteiger partial charge in [-0.25, -0.2) is 15.0 Å². The summed E-state index contributed by atoms with van der Waals surface area (Å²) in [5, 5.41) is 12.6. The first kappa shape index (κ1) is 33.9. The fourth-order valence-corrected chi connectivity index (χ4v) is 8.64. The number of hydrogen-bond acceptors (Lipinski definition) is 9. The molecule has 2 aromatic carbocycles. The summed E-state index contributed by atoms with van der Waals surface area (Å²) in [6.45, 7) is 3.32. The van der Waals surface area contributed by atoms with Crippen molar-refractivity contribution in [3.8, 4) is 27.6 Å². The minimum absolute atomic E-state index is 0.0411. The molecule has 1 amide bonds. The number of aliphatic hydroxyl groups is 1. The molecule has 0 saturated carbocycles. The summed E-state index contributed by atoms with van der Waals surface area (Å²) in [6.07, 6.45) is 8.58. The van der Waals surface area contributed by atoms with Gasteiger partial charge >= 0.3 is 0 Å². The lowest BCUT2D eigenvalue weighted by atomic mass is 9.79. The van der Waals surface area contributed by atoms with E-state index in [-0.39, 0.29) is 29.8 Å². The van der Waals surface area contributed by atoms with Gasteiger partial charge in [-0.05, 0) is 43.0 Å². The molecule has 2 N–H and O–H groups in total. The predicted molar refractivity (Wildman–Crippen MR) is 201 cm³/mol.